The zero-order valence-electron chi connectivity index (χ0n) is 8.62. The van der Waals surface area contributed by atoms with Crippen LogP contribution in [0.4, 0.5) is 0 Å². The highest BCUT2D eigenvalue weighted by atomic mass is 16.1. The second-order valence-electron chi connectivity index (χ2n) is 3.19. The van der Waals surface area contributed by atoms with Crippen molar-refractivity contribution in [3.05, 3.63) is 35.4 Å². The summed E-state index contributed by atoms with van der Waals surface area (Å²) < 4.78 is 0. The van der Waals surface area contributed by atoms with Crippen LogP contribution >= 0.6 is 0 Å². The fourth-order valence-electron chi connectivity index (χ4n) is 1.11. The smallest absolute Gasteiger partial charge is 0.251 e. The minimum atomic E-state index is -0.123. The van der Waals surface area contributed by atoms with E-state index >= 15 is 0 Å². The van der Waals surface area contributed by atoms with Gasteiger partial charge in [-0.2, -0.15) is 0 Å². The van der Waals surface area contributed by atoms with E-state index in [-0.39, 0.29) is 5.91 Å². The van der Waals surface area contributed by atoms with Crippen LogP contribution in [-0.4, -0.2) is 25.4 Å². The van der Waals surface area contributed by atoms with Gasteiger partial charge in [0.15, 0.2) is 0 Å². The van der Waals surface area contributed by atoms with Crippen LogP contribution < -0.4 is 10.6 Å². The van der Waals surface area contributed by atoms with E-state index in [1.807, 2.05) is 19.1 Å². The minimum Gasteiger partial charge on any atom is -0.357 e. The Morgan fingerprint density at radius 1 is 1.27 bits per heavy atom. The van der Waals surface area contributed by atoms with E-state index < -0.39 is 0 Å². The van der Waals surface area contributed by atoms with Crippen LogP contribution in [0.2, 0.25) is 0 Å². The van der Waals surface area contributed by atoms with E-state index in [2.05, 4.69) is 10.6 Å². The number of nitrogens with one attached hydrogen (secondary N) is 2. The lowest BCUT2D eigenvalue weighted by Crippen LogP contribution is -2.31. The maximum atomic E-state index is 11.5. The maximum absolute atomic E-state index is 11.5. The van der Waals surface area contributed by atoms with Gasteiger partial charge < -0.3 is 10.6 Å². The van der Waals surface area contributed by atoms with Gasteiger partial charge in [0, 0.05) is 18.7 Å². The van der Waals surface area contributed by atoms with Gasteiger partial charge in [0.05, 0.1) is 0 Å². The highest BCUT2D eigenvalue weighted by Gasteiger charge is 2.02. The molecule has 0 aliphatic carbocycles. The molecule has 0 fully saturated rings. The van der Waals surface area contributed by atoms with Crippen LogP contribution in [0.1, 0.15) is 15.9 Å². The van der Waals surface area contributed by atoms with Gasteiger partial charge in [0.25, 0.3) is 5.91 Å². The molecule has 0 aliphatic rings. The molecule has 2 amide bonds. The predicted molar refractivity (Wildman–Crippen MR) is 57.6 cm³/mol. The van der Waals surface area contributed by atoms with Crippen molar-refractivity contribution in [3.63, 3.8) is 0 Å². The molecule has 4 heteroatoms. The molecule has 1 rings (SSSR count). The summed E-state index contributed by atoms with van der Waals surface area (Å²) >= 11 is 0. The number of rotatable bonds is 5. The van der Waals surface area contributed by atoms with Crippen LogP contribution in [0.3, 0.4) is 0 Å². The molecular formula is C11H14N2O2. The van der Waals surface area contributed by atoms with Gasteiger partial charge in [-0.05, 0) is 19.1 Å². The van der Waals surface area contributed by atoms with Gasteiger partial charge >= 0.3 is 0 Å². The first-order chi connectivity index (χ1) is 7.24. The molecule has 0 spiro atoms. The van der Waals surface area contributed by atoms with Gasteiger partial charge in [-0.1, -0.05) is 17.7 Å². The predicted octanol–water partition coefficient (Wildman–Crippen LogP) is 0.471. The summed E-state index contributed by atoms with van der Waals surface area (Å²) in [6, 6.07) is 7.33. The molecule has 0 heterocycles. The molecule has 0 atom stereocenters. The summed E-state index contributed by atoms with van der Waals surface area (Å²) in [6.07, 6.45) is 0.609. The number of aryl methyl sites for hydroxylation is 1. The minimum absolute atomic E-state index is 0.123. The van der Waals surface area contributed by atoms with Crippen molar-refractivity contribution in [2.45, 2.75) is 6.92 Å². The molecule has 0 saturated heterocycles. The van der Waals surface area contributed by atoms with Crippen molar-refractivity contribution in [1.82, 2.24) is 10.6 Å². The second-order valence-corrected chi connectivity index (χ2v) is 3.19. The van der Waals surface area contributed by atoms with Crippen molar-refractivity contribution in [1.29, 1.82) is 0 Å². The number of hydrogen-bond acceptors (Lipinski definition) is 2. The van der Waals surface area contributed by atoms with Crippen LogP contribution in [-0.2, 0) is 4.79 Å². The van der Waals surface area contributed by atoms with E-state index in [4.69, 9.17) is 0 Å². The van der Waals surface area contributed by atoms with Gasteiger partial charge in [-0.15, -0.1) is 0 Å². The molecule has 0 saturated carbocycles. The highest BCUT2D eigenvalue weighted by molar-refractivity contribution is 5.94. The van der Waals surface area contributed by atoms with Crippen LogP contribution in [0, 0.1) is 6.92 Å². The highest BCUT2D eigenvalue weighted by Crippen LogP contribution is 2.02. The first kappa shape index (κ1) is 11.2. The average Bonchev–Trinajstić information content (AvgIpc) is 2.25. The molecule has 0 aliphatic heterocycles. The largest absolute Gasteiger partial charge is 0.357 e. The molecular weight excluding hydrogens is 192 g/mol. The number of carbonyl (C=O) groups excluding carboxylic acids is 2. The molecule has 1 aromatic carbocycles. The molecule has 1 aromatic rings. The molecule has 15 heavy (non-hydrogen) atoms. The van der Waals surface area contributed by atoms with E-state index in [0.29, 0.717) is 25.1 Å². The maximum Gasteiger partial charge on any atom is 0.251 e. The Labute approximate surface area is 88.7 Å². The molecule has 0 aromatic heterocycles. The van der Waals surface area contributed by atoms with Crippen LogP contribution in [0.5, 0.6) is 0 Å². The Hall–Kier alpha value is -1.84. The zero-order chi connectivity index (χ0) is 11.1. The molecule has 0 bridgehead atoms. The number of benzene rings is 1. The van der Waals surface area contributed by atoms with E-state index in [1.165, 1.54) is 0 Å². The van der Waals surface area contributed by atoms with Crippen molar-refractivity contribution < 1.29 is 9.59 Å². The summed E-state index contributed by atoms with van der Waals surface area (Å²) in [6.45, 7) is 2.85. The first-order valence-corrected chi connectivity index (χ1v) is 4.76. The van der Waals surface area contributed by atoms with Gasteiger partial charge in [0.1, 0.15) is 0 Å². The molecule has 80 valence electrons. The third-order valence-electron chi connectivity index (χ3n) is 1.95. The second kappa shape index (κ2) is 5.80. The van der Waals surface area contributed by atoms with Gasteiger partial charge in [-0.25, -0.2) is 0 Å². The third kappa shape index (κ3) is 3.81. The quantitative estimate of drug-likeness (QED) is 0.543. The fraction of sp³-hybridized carbons (Fsp3) is 0.273. The Bertz CT molecular complexity index is 333. The molecule has 0 unspecified atom stereocenters. The summed E-state index contributed by atoms with van der Waals surface area (Å²) in [5.41, 5.74) is 1.75. The van der Waals surface area contributed by atoms with E-state index in [9.17, 15) is 9.59 Å². The lowest BCUT2D eigenvalue weighted by atomic mass is 10.1. The lowest BCUT2D eigenvalue weighted by Gasteiger charge is -2.04. The Morgan fingerprint density at radius 3 is 2.53 bits per heavy atom. The third-order valence-corrected chi connectivity index (χ3v) is 1.95. The van der Waals surface area contributed by atoms with Crippen LogP contribution in [0.25, 0.3) is 0 Å². The number of hydrogen-bond donors (Lipinski definition) is 2. The zero-order valence-corrected chi connectivity index (χ0v) is 8.62. The Morgan fingerprint density at radius 2 is 1.93 bits per heavy atom. The first-order valence-electron chi connectivity index (χ1n) is 4.76. The summed E-state index contributed by atoms with van der Waals surface area (Å²) in [5.74, 6) is -0.123. The monoisotopic (exact) mass is 206 g/mol. The van der Waals surface area contributed by atoms with Gasteiger partial charge in [0.2, 0.25) is 6.41 Å². The SMILES string of the molecule is Cc1ccc(C(=O)NCCNC=O)cc1. The van der Waals surface area contributed by atoms with E-state index in [1.54, 1.807) is 12.1 Å². The lowest BCUT2D eigenvalue weighted by molar-refractivity contribution is -0.109. The van der Waals surface area contributed by atoms with Gasteiger partial charge in [-0.3, -0.25) is 9.59 Å². The Kier molecular flexibility index (Phi) is 4.34. The number of carbonyl (C=O) groups is 2. The average molecular weight is 206 g/mol. The topological polar surface area (TPSA) is 58.2 Å². The molecule has 4 nitrogen and oxygen atoms in total. The van der Waals surface area contributed by atoms with Crippen molar-refractivity contribution in [2.24, 2.45) is 0 Å². The summed E-state index contributed by atoms with van der Waals surface area (Å²) in [4.78, 5) is 21.4. The summed E-state index contributed by atoms with van der Waals surface area (Å²) in [5, 5.41) is 5.16. The molecule has 0 radical (unpaired) electrons. The number of amides is 2. The normalized spacial score (nSPS) is 9.40. The van der Waals surface area contributed by atoms with Crippen molar-refractivity contribution >= 4 is 12.3 Å². The van der Waals surface area contributed by atoms with E-state index in [0.717, 1.165) is 5.56 Å². The Balaban J connectivity index is 2.40. The fourth-order valence-corrected chi connectivity index (χ4v) is 1.11. The van der Waals surface area contributed by atoms with Crippen molar-refractivity contribution in [3.8, 4) is 0 Å². The standard InChI is InChI=1S/C11H14N2O2/c1-9-2-4-10(5-3-9)11(15)13-7-6-12-8-14/h2-5,8H,6-7H2,1H3,(H,12,14)(H,13,15). The van der Waals surface area contributed by atoms with Crippen LogP contribution in [0.15, 0.2) is 24.3 Å². The molecule has 2 N–H and O–H groups in total. The van der Waals surface area contributed by atoms with Crippen molar-refractivity contribution in [2.75, 3.05) is 13.1 Å². The summed E-state index contributed by atoms with van der Waals surface area (Å²) in [7, 11) is 0.